The zero-order valence-corrected chi connectivity index (χ0v) is 89.0. The summed E-state index contributed by atoms with van der Waals surface area (Å²) in [5.74, 6) is 0.171. The van der Waals surface area contributed by atoms with Gasteiger partial charge < -0.3 is 59.3 Å². The van der Waals surface area contributed by atoms with Crippen molar-refractivity contribution >= 4 is 65.4 Å². The van der Waals surface area contributed by atoms with Gasteiger partial charge in [-0.05, 0) is 196 Å². The van der Waals surface area contributed by atoms with Crippen LogP contribution in [-0.4, -0.2) is 77.6 Å². The number of aliphatic hydroxyl groups is 6. The quantitative estimate of drug-likeness (QED) is 0.0278. The fourth-order valence-corrected chi connectivity index (χ4v) is 15.9. The first-order valence-corrected chi connectivity index (χ1v) is 46.8. The number of nitrogens with zero attached hydrogens (tertiary/aromatic N) is 6. The standard InChI is InChI=1S/3C27H29NO2.C15H15FN.C13H6F6N.C12H9FN.3Pt/c3*1-27(2,3)26(30)18-21(29)17-14-19-12-15-20(16-13-19)28-24-10-6-4-8-22(24)23-9-5-7-11-25(23)28;1-15(2,3)11-7-8-12(13(16)10-11)14-6-4-5-9-17-14;14-12(15,16)9-5-8(11-3-1-2-4-20-11)6-10(7-9)13(17,18)19;1-9-5-6-10(11(13)8-9)12-4-2-3-7-14-12;;;/h2*4-13,15-16,18,26,29-30H,14,17H2,1-3H3;4-13,15-16,18,21,29-30H,14,17H2,1-3H3;4-7,9-10H,1-3H3;1-5,7H;2-5,7-8H,1H3;;;/q;;;3*-1;;;. The van der Waals surface area contributed by atoms with Gasteiger partial charge in [0, 0.05) is 161 Å². The fraction of sp³-hybridized carbons (Fsp3) is 0.231. The Kier molecular flexibility index (Phi) is 39.3. The van der Waals surface area contributed by atoms with Gasteiger partial charge in [-0.3, -0.25) is 8.78 Å². The van der Waals surface area contributed by atoms with Gasteiger partial charge in [-0.25, -0.2) is 0 Å². The van der Waals surface area contributed by atoms with Crippen LogP contribution < -0.4 is 0 Å². The predicted molar refractivity (Wildman–Crippen MR) is 555 cm³/mol. The van der Waals surface area contributed by atoms with Gasteiger partial charge in [0.05, 0.1) is 68.7 Å². The summed E-state index contributed by atoms with van der Waals surface area (Å²) in [7, 11) is 0. The number of halogens is 8. The molecular weight excluding hydrogens is 2370 g/mol. The van der Waals surface area contributed by atoms with Crippen LogP contribution in [0.15, 0.2) is 363 Å². The summed E-state index contributed by atoms with van der Waals surface area (Å²) in [6.45, 7) is 25.5. The Morgan fingerprint density at radius 3 is 0.979 bits per heavy atom. The van der Waals surface area contributed by atoms with Crippen LogP contribution in [0.3, 0.4) is 0 Å². The third-order valence-corrected chi connectivity index (χ3v) is 24.1. The van der Waals surface area contributed by atoms with Crippen LogP contribution in [0.5, 0.6) is 0 Å². The minimum atomic E-state index is -4.91. The molecule has 6 N–H and O–H groups in total. The van der Waals surface area contributed by atoms with Gasteiger partial charge in [-0.15, -0.1) is 71.3 Å². The minimum Gasteiger partial charge on any atom is -0.513 e. The van der Waals surface area contributed by atoms with Crippen LogP contribution in [0.4, 0.5) is 35.1 Å². The molecule has 23 heteroatoms. The molecule has 0 radical (unpaired) electrons. The minimum absolute atomic E-state index is 0. The summed E-state index contributed by atoms with van der Waals surface area (Å²) in [5, 5.41) is 68.5. The Labute approximate surface area is 880 Å². The number of aliphatic hydroxyl groups excluding tert-OH is 6. The van der Waals surface area contributed by atoms with Gasteiger partial charge in [-0.1, -0.05) is 283 Å². The molecule has 0 amide bonds. The van der Waals surface area contributed by atoms with E-state index < -0.39 is 41.8 Å². The molecule has 6 heterocycles. The summed E-state index contributed by atoms with van der Waals surface area (Å²) in [6, 6.07) is 107. The van der Waals surface area contributed by atoms with Crippen molar-refractivity contribution in [2.24, 2.45) is 16.2 Å². The topological polar surface area (TPSA) is 175 Å². The number of fused-ring (bicyclic) bond motifs is 9. The van der Waals surface area contributed by atoms with Crippen LogP contribution in [0.1, 0.15) is 141 Å². The number of aromatic nitrogens is 6. The molecule has 3 atom stereocenters. The maximum Gasteiger partial charge on any atom is 0.399 e. The van der Waals surface area contributed by atoms with Crippen LogP contribution in [0.25, 0.3) is 116 Å². The van der Waals surface area contributed by atoms with Crippen molar-refractivity contribution in [3.05, 3.63) is 432 Å². The fourth-order valence-electron chi connectivity index (χ4n) is 15.9. The van der Waals surface area contributed by atoms with E-state index in [9.17, 15) is 65.8 Å². The molecule has 0 aliphatic carbocycles. The first-order valence-electron chi connectivity index (χ1n) is 46.8. The zero-order chi connectivity index (χ0) is 101. The molecular formula is C121H117F8N6O6Pt3-3. The molecule has 18 rings (SSSR count). The summed E-state index contributed by atoms with van der Waals surface area (Å²) in [5.41, 5.74) is 13.7. The molecule has 0 fully saturated rings. The maximum atomic E-state index is 14.0. The molecule has 756 valence electrons. The summed E-state index contributed by atoms with van der Waals surface area (Å²) >= 11 is 0. The maximum absolute atomic E-state index is 14.0. The molecule has 0 aliphatic heterocycles. The van der Waals surface area contributed by atoms with Crippen LogP contribution in [-0.2, 0) is 100 Å². The van der Waals surface area contributed by atoms with Gasteiger partial charge in [0.25, 0.3) is 0 Å². The SMILES string of the molecule is CC(C)(C)C(O)=CC(O)CCc1ccc(-n2c3ccccc3c3ccccc32)cc1.CC(C)(C)C(O)C=C(O)CCc1ccc(-n2c3ccccc3c3ccccc32)cc1.CC(C)(C)C(O)C=C(O)CCc1ccc(-n2c3ccccc3c3ccccc32)cc1.CC(C)(C)c1c[c-]c(-c2ccccn2)c(F)c1.Cc1c[c-]c(-c2ccccn2)c(F)c1.FC(F)(F)c1[c-]c(-c2ccccn2)cc(C(F)(F)F)c1.[Pt].[Pt].[Pt]. The van der Waals surface area contributed by atoms with Gasteiger partial charge in [-0.2, -0.15) is 26.3 Å². The Hall–Kier alpha value is -12.5. The molecule has 0 spiro atoms. The van der Waals surface area contributed by atoms with E-state index >= 15 is 0 Å². The van der Waals surface area contributed by atoms with E-state index in [1.165, 1.54) is 101 Å². The molecule has 0 saturated carbocycles. The molecule has 12 aromatic carbocycles. The number of hydrogen-bond donors (Lipinski definition) is 6. The van der Waals surface area contributed by atoms with Gasteiger partial charge in [0.2, 0.25) is 0 Å². The van der Waals surface area contributed by atoms with Gasteiger partial charge in [0.1, 0.15) is 0 Å². The van der Waals surface area contributed by atoms with Crippen molar-refractivity contribution in [1.29, 1.82) is 0 Å². The van der Waals surface area contributed by atoms with E-state index in [4.69, 9.17) is 0 Å². The van der Waals surface area contributed by atoms with E-state index in [1.807, 2.05) is 99.6 Å². The second-order valence-electron chi connectivity index (χ2n) is 39.1. The first-order chi connectivity index (χ1) is 67.0. The third-order valence-electron chi connectivity index (χ3n) is 24.1. The van der Waals surface area contributed by atoms with Crippen molar-refractivity contribution in [3.8, 4) is 50.8 Å². The van der Waals surface area contributed by atoms with Crippen LogP contribution >= 0.6 is 0 Å². The number of para-hydroxylation sites is 6. The Balaban J connectivity index is 0.000000180. The molecule has 0 aliphatic rings. The molecule has 6 aromatic heterocycles. The Morgan fingerprint density at radius 2 is 0.681 bits per heavy atom. The van der Waals surface area contributed by atoms with Crippen molar-refractivity contribution in [3.63, 3.8) is 0 Å². The number of rotatable bonds is 18. The smallest absolute Gasteiger partial charge is 0.399 e. The zero-order valence-electron chi connectivity index (χ0n) is 82.2. The summed E-state index contributed by atoms with van der Waals surface area (Å²) < 4.78 is 110. The van der Waals surface area contributed by atoms with E-state index in [2.05, 4.69) is 280 Å². The molecule has 18 aromatic rings. The number of aryl methyl sites for hydroxylation is 4. The third kappa shape index (κ3) is 29.7. The van der Waals surface area contributed by atoms with Gasteiger partial charge in [0.15, 0.2) is 0 Å². The number of benzene rings is 12. The first kappa shape index (κ1) is 113. The van der Waals surface area contributed by atoms with Crippen molar-refractivity contribution in [2.75, 3.05) is 0 Å². The Morgan fingerprint density at radius 1 is 0.361 bits per heavy atom. The van der Waals surface area contributed by atoms with E-state index in [-0.39, 0.29) is 131 Å². The summed E-state index contributed by atoms with van der Waals surface area (Å²) in [4.78, 5) is 11.9. The second kappa shape index (κ2) is 49.9. The summed E-state index contributed by atoms with van der Waals surface area (Å²) in [6.07, 6.45) is 1.32. The number of alkyl halides is 6. The van der Waals surface area contributed by atoms with Crippen molar-refractivity contribution in [2.45, 2.75) is 165 Å². The van der Waals surface area contributed by atoms with E-state index in [1.54, 1.807) is 61.0 Å². The molecule has 0 saturated heterocycles. The average molecular weight is 2490 g/mol. The normalized spacial score (nSPS) is 12.7. The monoisotopic (exact) mass is 2490 g/mol. The molecule has 12 nitrogen and oxygen atoms in total. The van der Waals surface area contributed by atoms with Crippen molar-refractivity contribution < 1.29 is 129 Å². The average Bonchev–Trinajstić information content (AvgIpc) is 1.60. The van der Waals surface area contributed by atoms with Crippen LogP contribution in [0.2, 0.25) is 0 Å². The number of allylic oxidation sites excluding steroid dienone is 3. The van der Waals surface area contributed by atoms with Crippen LogP contribution in [0, 0.1) is 53.0 Å². The Bertz CT molecular complexity index is 6980. The predicted octanol–water partition coefficient (Wildman–Crippen LogP) is 31.3. The van der Waals surface area contributed by atoms with E-state index in [0.29, 0.717) is 47.8 Å². The number of hydrogen-bond acceptors (Lipinski definition) is 9. The second-order valence-corrected chi connectivity index (χ2v) is 39.1. The van der Waals surface area contributed by atoms with E-state index in [0.717, 1.165) is 58.6 Å². The van der Waals surface area contributed by atoms with Gasteiger partial charge >= 0.3 is 12.4 Å². The number of pyridine rings is 3. The largest absolute Gasteiger partial charge is 0.513 e. The van der Waals surface area contributed by atoms with Crippen molar-refractivity contribution in [1.82, 2.24) is 28.7 Å². The molecule has 144 heavy (non-hydrogen) atoms. The molecule has 0 bridgehead atoms. The molecule has 3 unspecified atom stereocenters.